The number of epoxide rings is 1. The van der Waals surface area contributed by atoms with E-state index in [2.05, 4.69) is 0 Å². The van der Waals surface area contributed by atoms with E-state index >= 15 is 0 Å². The Kier molecular flexibility index (Phi) is 2.20. The van der Waals surface area contributed by atoms with E-state index in [1.807, 2.05) is 30.3 Å². The molecule has 2 aromatic carbocycles. The quantitative estimate of drug-likeness (QED) is 0.785. The number of fused-ring (bicyclic) bond motifs is 2. The summed E-state index contributed by atoms with van der Waals surface area (Å²) in [7, 11) is 1.57. The highest BCUT2D eigenvalue weighted by Gasteiger charge is 2.67. The molecule has 2 atom stereocenters. The molecule has 100 valence electrons. The first kappa shape index (κ1) is 11.5. The number of hydrogen-bond donors (Lipinski definition) is 0. The molecule has 0 spiro atoms. The van der Waals surface area contributed by atoms with Crippen LogP contribution in [0.4, 0.5) is 0 Å². The summed E-state index contributed by atoms with van der Waals surface area (Å²) in [5.41, 5.74) is 1.37. The van der Waals surface area contributed by atoms with Crippen molar-refractivity contribution in [2.75, 3.05) is 7.11 Å². The fraction of sp³-hybridized carbons (Fsp3) is 0.188. The van der Waals surface area contributed by atoms with Crippen LogP contribution in [0.2, 0.25) is 0 Å². The molecule has 0 aromatic heterocycles. The third-order valence-electron chi connectivity index (χ3n) is 3.71. The summed E-state index contributed by atoms with van der Waals surface area (Å²) in [6.07, 6.45) is -0.565. The third-order valence-corrected chi connectivity index (χ3v) is 3.71. The average Bonchev–Trinajstić information content (AvgIpc) is 3.24. The largest absolute Gasteiger partial charge is 0.497 e. The summed E-state index contributed by atoms with van der Waals surface area (Å²) in [6, 6.07) is 14.7. The molecule has 0 saturated carbocycles. The van der Waals surface area contributed by atoms with Gasteiger partial charge in [0.1, 0.15) is 11.5 Å². The van der Waals surface area contributed by atoms with Crippen LogP contribution in [0.3, 0.4) is 0 Å². The van der Waals surface area contributed by atoms with Crippen LogP contribution in [0.1, 0.15) is 15.9 Å². The molecule has 20 heavy (non-hydrogen) atoms. The molecule has 0 amide bonds. The molecule has 1 fully saturated rings. The van der Waals surface area contributed by atoms with E-state index in [-0.39, 0.29) is 5.78 Å². The van der Waals surface area contributed by atoms with Gasteiger partial charge in [-0.3, -0.25) is 4.79 Å². The predicted molar refractivity (Wildman–Crippen MR) is 70.9 cm³/mol. The van der Waals surface area contributed by atoms with Crippen molar-refractivity contribution >= 4 is 5.78 Å². The molecule has 0 aliphatic carbocycles. The third kappa shape index (κ3) is 1.42. The van der Waals surface area contributed by atoms with Gasteiger partial charge in [-0.1, -0.05) is 30.3 Å². The average molecular weight is 268 g/mol. The zero-order valence-corrected chi connectivity index (χ0v) is 10.8. The van der Waals surface area contributed by atoms with E-state index in [0.29, 0.717) is 17.1 Å². The second-order valence-electron chi connectivity index (χ2n) is 4.86. The lowest BCUT2D eigenvalue weighted by atomic mass is 9.96. The molecule has 2 aliphatic rings. The molecular formula is C16H12O4. The Bertz CT molecular complexity index is 695. The van der Waals surface area contributed by atoms with E-state index in [4.69, 9.17) is 14.2 Å². The van der Waals surface area contributed by atoms with Gasteiger partial charge in [0, 0.05) is 5.56 Å². The minimum Gasteiger partial charge on any atom is -0.497 e. The van der Waals surface area contributed by atoms with E-state index in [9.17, 15) is 4.79 Å². The van der Waals surface area contributed by atoms with Gasteiger partial charge in [-0.15, -0.1) is 0 Å². The highest BCUT2D eigenvalue weighted by atomic mass is 16.8. The lowest BCUT2D eigenvalue weighted by Gasteiger charge is -2.22. The Morgan fingerprint density at radius 2 is 1.95 bits per heavy atom. The molecule has 4 heteroatoms. The van der Waals surface area contributed by atoms with Crippen molar-refractivity contribution < 1.29 is 19.0 Å². The van der Waals surface area contributed by atoms with Crippen LogP contribution >= 0.6 is 0 Å². The predicted octanol–water partition coefficient (Wildman–Crippen LogP) is 2.52. The van der Waals surface area contributed by atoms with E-state index in [0.717, 1.165) is 5.56 Å². The number of Topliss-reactive ketones (excluding diaryl/α,β-unsaturated/α-hetero) is 1. The van der Waals surface area contributed by atoms with Crippen LogP contribution in [-0.4, -0.2) is 19.0 Å². The monoisotopic (exact) mass is 268 g/mol. The van der Waals surface area contributed by atoms with Gasteiger partial charge >= 0.3 is 0 Å². The molecule has 2 unspecified atom stereocenters. The van der Waals surface area contributed by atoms with Crippen LogP contribution in [0.15, 0.2) is 48.5 Å². The van der Waals surface area contributed by atoms with Crippen molar-refractivity contribution in [3.63, 3.8) is 0 Å². The van der Waals surface area contributed by atoms with E-state index in [1.54, 1.807) is 25.3 Å². The number of methoxy groups -OCH3 is 1. The molecular weight excluding hydrogens is 256 g/mol. The summed E-state index contributed by atoms with van der Waals surface area (Å²) in [4.78, 5) is 12.4. The molecule has 1 saturated heterocycles. The summed E-state index contributed by atoms with van der Waals surface area (Å²) in [5, 5.41) is 0. The summed E-state index contributed by atoms with van der Waals surface area (Å²) in [5.74, 6) is 0.163. The maximum Gasteiger partial charge on any atom is 0.272 e. The van der Waals surface area contributed by atoms with Crippen molar-refractivity contribution in [1.82, 2.24) is 0 Å². The SMILES string of the molecule is COc1ccc2c(c1)C(=O)C1OC1(c1ccccc1)O2. The topological polar surface area (TPSA) is 48.1 Å². The van der Waals surface area contributed by atoms with Crippen LogP contribution in [-0.2, 0) is 10.5 Å². The Morgan fingerprint density at radius 1 is 1.15 bits per heavy atom. The Labute approximate surface area is 115 Å². The molecule has 0 bridgehead atoms. The van der Waals surface area contributed by atoms with Crippen molar-refractivity contribution in [2.45, 2.75) is 11.9 Å². The lowest BCUT2D eigenvalue weighted by Crippen LogP contribution is -2.30. The van der Waals surface area contributed by atoms with Gasteiger partial charge in [-0.2, -0.15) is 0 Å². The maximum atomic E-state index is 12.4. The molecule has 2 heterocycles. The zero-order valence-electron chi connectivity index (χ0n) is 10.8. The number of ether oxygens (including phenoxy) is 3. The van der Waals surface area contributed by atoms with Gasteiger partial charge in [0.15, 0.2) is 6.10 Å². The van der Waals surface area contributed by atoms with Crippen LogP contribution in [0.25, 0.3) is 0 Å². The van der Waals surface area contributed by atoms with Gasteiger partial charge in [0.25, 0.3) is 5.79 Å². The molecule has 0 radical (unpaired) electrons. The zero-order chi connectivity index (χ0) is 13.7. The maximum absolute atomic E-state index is 12.4. The van der Waals surface area contributed by atoms with Gasteiger partial charge in [0.05, 0.1) is 12.7 Å². The van der Waals surface area contributed by atoms with Crippen LogP contribution < -0.4 is 9.47 Å². The Balaban J connectivity index is 1.79. The molecule has 2 aliphatic heterocycles. The summed E-state index contributed by atoms with van der Waals surface area (Å²) < 4.78 is 16.7. The van der Waals surface area contributed by atoms with Crippen molar-refractivity contribution in [3.8, 4) is 11.5 Å². The normalized spacial score (nSPS) is 26.2. The van der Waals surface area contributed by atoms with Crippen LogP contribution in [0.5, 0.6) is 11.5 Å². The van der Waals surface area contributed by atoms with Gasteiger partial charge < -0.3 is 14.2 Å². The Hall–Kier alpha value is -2.33. The first-order chi connectivity index (χ1) is 9.74. The number of benzene rings is 2. The van der Waals surface area contributed by atoms with Gasteiger partial charge in [-0.05, 0) is 18.2 Å². The minimum atomic E-state index is -0.945. The Morgan fingerprint density at radius 3 is 2.70 bits per heavy atom. The summed E-state index contributed by atoms with van der Waals surface area (Å²) >= 11 is 0. The smallest absolute Gasteiger partial charge is 0.272 e. The fourth-order valence-corrected chi connectivity index (χ4v) is 2.62. The second kappa shape index (κ2) is 3.84. The number of carbonyl (C=O) groups is 1. The molecule has 4 nitrogen and oxygen atoms in total. The second-order valence-corrected chi connectivity index (χ2v) is 4.86. The molecule has 0 N–H and O–H groups in total. The van der Waals surface area contributed by atoms with Gasteiger partial charge in [0.2, 0.25) is 5.78 Å². The lowest BCUT2D eigenvalue weighted by molar-refractivity contribution is 0.0570. The highest BCUT2D eigenvalue weighted by Crippen LogP contribution is 2.53. The minimum absolute atomic E-state index is 0.0611. The summed E-state index contributed by atoms with van der Waals surface area (Å²) in [6.45, 7) is 0. The van der Waals surface area contributed by atoms with Crippen LogP contribution in [0, 0.1) is 0 Å². The molecule has 2 aromatic rings. The first-order valence-corrected chi connectivity index (χ1v) is 6.39. The number of carbonyl (C=O) groups excluding carboxylic acids is 1. The number of ketones is 1. The standard InChI is InChI=1S/C16H12O4/c1-18-11-7-8-13-12(9-11)14(17)15-16(19-13,20-15)10-5-3-2-4-6-10/h2-9,15H,1H3. The highest BCUT2D eigenvalue weighted by molar-refractivity contribution is 6.05. The molecule has 4 rings (SSSR count). The van der Waals surface area contributed by atoms with Gasteiger partial charge in [-0.25, -0.2) is 0 Å². The number of hydrogen-bond acceptors (Lipinski definition) is 4. The fourth-order valence-electron chi connectivity index (χ4n) is 2.62. The van der Waals surface area contributed by atoms with Crippen molar-refractivity contribution in [3.05, 3.63) is 59.7 Å². The van der Waals surface area contributed by atoms with Crippen molar-refractivity contribution in [1.29, 1.82) is 0 Å². The first-order valence-electron chi connectivity index (χ1n) is 6.39. The van der Waals surface area contributed by atoms with Crippen molar-refractivity contribution in [2.24, 2.45) is 0 Å². The van der Waals surface area contributed by atoms with E-state index < -0.39 is 11.9 Å². The number of rotatable bonds is 2. The van der Waals surface area contributed by atoms with E-state index in [1.165, 1.54) is 0 Å².